The van der Waals surface area contributed by atoms with E-state index in [-0.39, 0.29) is 19.8 Å². The molecular weight excluding hydrogens is 428 g/mol. The Morgan fingerprint density at radius 3 is 1.88 bits per heavy atom. The van der Waals surface area contributed by atoms with E-state index < -0.39 is 47.5 Å². The average Bonchev–Trinajstić information content (AvgIpc) is 2.80. The summed E-state index contributed by atoms with van der Waals surface area (Å²) in [4.78, 5) is 52.1. The normalized spacial score (nSPS) is 17.0. The summed E-state index contributed by atoms with van der Waals surface area (Å²) in [5, 5.41) is 11.5. The molecule has 0 aromatic rings. The first-order valence-electron chi connectivity index (χ1n) is 12.6. The SMILES string of the molecule is CCCCOC(=O)CC(O)(C(=O)OCCCC)C(C(=O)OCCCC)C(=O)C1CCCCC1. The van der Waals surface area contributed by atoms with Crippen LogP contribution in [0.2, 0.25) is 0 Å². The van der Waals surface area contributed by atoms with Crippen molar-refractivity contribution >= 4 is 23.7 Å². The van der Waals surface area contributed by atoms with Gasteiger partial charge in [-0.2, -0.15) is 0 Å². The van der Waals surface area contributed by atoms with Gasteiger partial charge in [-0.1, -0.05) is 59.3 Å². The third-order valence-electron chi connectivity index (χ3n) is 6.01. The fraction of sp³-hybridized carbons (Fsp3) is 0.840. The molecule has 0 radical (unpaired) electrons. The Kier molecular flexibility index (Phi) is 13.9. The van der Waals surface area contributed by atoms with E-state index >= 15 is 0 Å². The van der Waals surface area contributed by atoms with Crippen LogP contribution in [0, 0.1) is 11.8 Å². The molecule has 33 heavy (non-hydrogen) atoms. The summed E-state index contributed by atoms with van der Waals surface area (Å²) in [7, 11) is 0. The molecule has 1 N–H and O–H groups in total. The number of rotatable bonds is 16. The van der Waals surface area contributed by atoms with Gasteiger partial charge >= 0.3 is 17.9 Å². The van der Waals surface area contributed by atoms with E-state index in [1.54, 1.807) is 0 Å². The van der Waals surface area contributed by atoms with Crippen LogP contribution in [0.15, 0.2) is 0 Å². The average molecular weight is 471 g/mol. The molecule has 0 amide bonds. The Hall–Kier alpha value is -1.96. The molecule has 2 unspecified atom stereocenters. The van der Waals surface area contributed by atoms with Gasteiger partial charge in [0.25, 0.3) is 0 Å². The smallest absolute Gasteiger partial charge is 0.340 e. The van der Waals surface area contributed by atoms with Gasteiger partial charge in [-0.3, -0.25) is 14.4 Å². The highest BCUT2D eigenvalue weighted by Gasteiger charge is 2.56. The molecule has 1 aliphatic rings. The van der Waals surface area contributed by atoms with E-state index in [4.69, 9.17) is 14.2 Å². The number of carbonyl (C=O) groups excluding carboxylic acids is 4. The molecule has 0 heterocycles. The van der Waals surface area contributed by atoms with Crippen molar-refractivity contribution in [2.75, 3.05) is 19.8 Å². The Labute approximate surface area is 197 Å². The fourth-order valence-electron chi connectivity index (χ4n) is 3.90. The van der Waals surface area contributed by atoms with Crippen LogP contribution in [-0.2, 0) is 33.4 Å². The quantitative estimate of drug-likeness (QED) is 0.156. The molecule has 0 bridgehead atoms. The number of esters is 3. The Bertz CT molecular complexity index is 626. The second kappa shape index (κ2) is 15.8. The number of ether oxygens (including phenoxy) is 3. The maximum absolute atomic E-state index is 13.5. The lowest BCUT2D eigenvalue weighted by molar-refractivity contribution is -0.189. The summed E-state index contributed by atoms with van der Waals surface area (Å²) in [5.41, 5.74) is -2.67. The van der Waals surface area contributed by atoms with Crippen LogP contribution >= 0.6 is 0 Å². The number of hydrogen-bond acceptors (Lipinski definition) is 8. The van der Waals surface area contributed by atoms with Crippen LogP contribution < -0.4 is 0 Å². The number of aliphatic hydroxyl groups is 1. The van der Waals surface area contributed by atoms with E-state index in [1.165, 1.54) is 0 Å². The van der Waals surface area contributed by atoms with Gasteiger partial charge in [0.15, 0.2) is 17.3 Å². The number of ketones is 1. The van der Waals surface area contributed by atoms with Gasteiger partial charge in [0.1, 0.15) is 0 Å². The van der Waals surface area contributed by atoms with Crippen molar-refractivity contribution in [1.29, 1.82) is 0 Å². The second-order valence-corrected chi connectivity index (χ2v) is 8.86. The topological polar surface area (TPSA) is 116 Å². The summed E-state index contributed by atoms with van der Waals surface area (Å²) in [6.07, 6.45) is 6.99. The van der Waals surface area contributed by atoms with Crippen LogP contribution in [0.5, 0.6) is 0 Å². The minimum atomic E-state index is -2.67. The largest absolute Gasteiger partial charge is 0.466 e. The van der Waals surface area contributed by atoms with Crippen LogP contribution in [0.1, 0.15) is 97.8 Å². The summed E-state index contributed by atoms with van der Waals surface area (Å²) in [5.74, 6) is -5.88. The highest BCUT2D eigenvalue weighted by Crippen LogP contribution is 2.34. The van der Waals surface area contributed by atoms with Crippen LogP contribution in [0.3, 0.4) is 0 Å². The molecule has 1 rings (SSSR count). The molecule has 1 aliphatic carbocycles. The highest BCUT2D eigenvalue weighted by atomic mass is 16.6. The van der Waals surface area contributed by atoms with Crippen molar-refractivity contribution in [3.8, 4) is 0 Å². The van der Waals surface area contributed by atoms with Gasteiger partial charge < -0.3 is 19.3 Å². The minimum absolute atomic E-state index is 0.0117. The molecule has 0 saturated heterocycles. The van der Waals surface area contributed by atoms with Gasteiger partial charge in [0.05, 0.1) is 26.2 Å². The Balaban J connectivity index is 3.25. The van der Waals surface area contributed by atoms with E-state index in [1.807, 2.05) is 20.8 Å². The Morgan fingerprint density at radius 1 is 0.818 bits per heavy atom. The first kappa shape index (κ1) is 29.1. The summed E-state index contributed by atoms with van der Waals surface area (Å²) >= 11 is 0. The molecule has 0 spiro atoms. The van der Waals surface area contributed by atoms with E-state index in [0.717, 1.165) is 38.5 Å². The zero-order valence-corrected chi connectivity index (χ0v) is 20.6. The Morgan fingerprint density at radius 2 is 1.33 bits per heavy atom. The van der Waals surface area contributed by atoms with Gasteiger partial charge in [-0.25, -0.2) is 4.79 Å². The summed E-state index contributed by atoms with van der Waals surface area (Å²) in [6.45, 7) is 5.96. The molecule has 0 aromatic carbocycles. The lowest BCUT2D eigenvalue weighted by Crippen LogP contribution is -2.56. The fourth-order valence-corrected chi connectivity index (χ4v) is 3.90. The van der Waals surface area contributed by atoms with Gasteiger partial charge in [0.2, 0.25) is 0 Å². The molecule has 8 heteroatoms. The molecule has 1 saturated carbocycles. The molecular formula is C25H42O8. The number of hydrogen-bond donors (Lipinski definition) is 1. The minimum Gasteiger partial charge on any atom is -0.466 e. The number of carbonyl (C=O) groups is 4. The van der Waals surface area contributed by atoms with Crippen molar-refractivity contribution in [3.05, 3.63) is 0 Å². The predicted molar refractivity (Wildman–Crippen MR) is 122 cm³/mol. The van der Waals surface area contributed by atoms with Crippen molar-refractivity contribution < 1.29 is 38.5 Å². The molecule has 1 fully saturated rings. The predicted octanol–water partition coefficient (Wildman–Crippen LogP) is 3.90. The van der Waals surface area contributed by atoms with E-state index in [0.29, 0.717) is 32.1 Å². The first-order valence-corrected chi connectivity index (χ1v) is 12.6. The standard InChI is InChI=1S/C25H42O8/c1-4-7-15-31-20(26)18-25(30,24(29)33-17-9-6-3)21(23(28)32-16-8-5-2)22(27)19-13-11-10-12-14-19/h19,21,30H,4-18H2,1-3H3. The third-order valence-corrected chi connectivity index (χ3v) is 6.01. The van der Waals surface area contributed by atoms with Crippen LogP contribution in [0.4, 0.5) is 0 Å². The van der Waals surface area contributed by atoms with Gasteiger partial charge in [-0.15, -0.1) is 0 Å². The molecule has 0 aromatic heterocycles. The van der Waals surface area contributed by atoms with Gasteiger partial charge in [-0.05, 0) is 32.1 Å². The lowest BCUT2D eigenvalue weighted by Gasteiger charge is -2.34. The zero-order chi connectivity index (χ0) is 24.7. The maximum atomic E-state index is 13.5. The second-order valence-electron chi connectivity index (χ2n) is 8.86. The molecule has 8 nitrogen and oxygen atoms in total. The van der Waals surface area contributed by atoms with Crippen molar-refractivity contribution in [2.24, 2.45) is 11.8 Å². The number of Topliss-reactive ketones (excluding diaryl/α,β-unsaturated/α-hetero) is 1. The van der Waals surface area contributed by atoms with Crippen LogP contribution in [0.25, 0.3) is 0 Å². The van der Waals surface area contributed by atoms with Crippen molar-refractivity contribution in [3.63, 3.8) is 0 Å². The monoisotopic (exact) mass is 470 g/mol. The summed E-state index contributed by atoms with van der Waals surface area (Å²) in [6, 6.07) is 0. The lowest BCUT2D eigenvalue weighted by atomic mass is 9.74. The maximum Gasteiger partial charge on any atom is 0.340 e. The molecule has 2 atom stereocenters. The van der Waals surface area contributed by atoms with Crippen molar-refractivity contribution in [1.82, 2.24) is 0 Å². The third kappa shape index (κ3) is 9.43. The molecule has 0 aliphatic heterocycles. The van der Waals surface area contributed by atoms with Crippen LogP contribution in [-0.4, -0.2) is 54.2 Å². The van der Waals surface area contributed by atoms with Gasteiger partial charge in [0, 0.05) is 5.92 Å². The molecule has 190 valence electrons. The highest BCUT2D eigenvalue weighted by molar-refractivity contribution is 6.07. The van der Waals surface area contributed by atoms with Crippen molar-refractivity contribution in [2.45, 2.75) is 103 Å². The zero-order valence-electron chi connectivity index (χ0n) is 20.6. The van der Waals surface area contributed by atoms with E-state index in [9.17, 15) is 24.3 Å². The first-order chi connectivity index (χ1) is 15.8. The summed E-state index contributed by atoms with van der Waals surface area (Å²) < 4.78 is 15.6. The van der Waals surface area contributed by atoms with E-state index in [2.05, 4.69) is 0 Å². The number of unbranched alkanes of at least 4 members (excludes halogenated alkanes) is 3.